The van der Waals surface area contributed by atoms with Gasteiger partial charge >= 0.3 is 18.3 Å². The highest BCUT2D eigenvalue weighted by molar-refractivity contribution is 6.14. The summed E-state index contributed by atoms with van der Waals surface area (Å²) < 4.78 is 49.6. The van der Waals surface area contributed by atoms with Gasteiger partial charge in [-0.2, -0.15) is 0 Å². The second-order valence-electron chi connectivity index (χ2n) is 27.9. The zero-order valence-electron chi connectivity index (χ0n) is 71.5. The maximum absolute atomic E-state index is 13.6. The number of hydroxylamine groups is 2. The minimum absolute atomic E-state index is 0. The lowest BCUT2D eigenvalue weighted by atomic mass is 10.0. The van der Waals surface area contributed by atoms with Crippen molar-refractivity contribution in [1.82, 2.24) is 35.0 Å². The Labute approximate surface area is 714 Å². The van der Waals surface area contributed by atoms with Crippen LogP contribution >= 0.6 is 12.4 Å². The third kappa shape index (κ3) is 34.5. The lowest BCUT2D eigenvalue weighted by Gasteiger charge is -2.19. The van der Waals surface area contributed by atoms with Crippen molar-refractivity contribution in [2.45, 2.75) is 92.5 Å². The number of carbonyl (C=O) groups is 6. The first-order valence-electron chi connectivity index (χ1n) is 36.7. The third-order valence-corrected chi connectivity index (χ3v) is 15.5. The molecular weight excluding hydrogens is 1600 g/mol. The van der Waals surface area contributed by atoms with E-state index in [1.165, 1.54) is 73.3 Å². The summed E-state index contributed by atoms with van der Waals surface area (Å²) in [5.74, 6) is 7.54. The predicted molar refractivity (Wildman–Crippen MR) is 463 cm³/mol. The topological polar surface area (TPSA) is 419 Å². The molecular formula is C87H103ClFN15O18. The number of aromatic nitrogens is 6. The molecule has 0 bridgehead atoms. The SMILES string of the molecule is CO/N=C(/c1ccc(OC)cc1)c1ccc(CC(=O)c2cncc(F)c2C)nc1.CO/N=C(/c1ccc(OC)cc1)c1ccc(N)nc1.CO/N=C(/c1ccc(OC)cc1)c1ccc(NC(=O)OC(C)(C)C)nc1.CON.CON(C)C(=O)c1ccc(NC(=O)OC(C)(C)C)nc1.COc1ccc(C(=O)c2ccc(NC(=O)OC(C)(C)C)nc2)cc1.Cl. The molecule has 0 aliphatic carbocycles. The smallest absolute Gasteiger partial charge is 0.413 e. The van der Waals surface area contributed by atoms with Gasteiger partial charge in [0.05, 0.1) is 60.8 Å². The van der Waals surface area contributed by atoms with Crippen molar-refractivity contribution in [1.29, 1.82) is 0 Å². The number of nitrogens with zero attached hydrogens (tertiary/aromatic N) is 10. The minimum atomic E-state index is -0.599. The first-order chi connectivity index (χ1) is 57.5. The monoisotopic (exact) mass is 1700 g/mol. The number of ketones is 2. The van der Waals surface area contributed by atoms with Crippen LogP contribution in [0.4, 0.5) is 42.0 Å². The maximum atomic E-state index is 13.6. The number of methoxy groups -OCH3 is 4. The average molecular weight is 1700 g/mol. The summed E-state index contributed by atoms with van der Waals surface area (Å²) in [4.78, 5) is 119. The summed E-state index contributed by atoms with van der Waals surface area (Å²) in [6.45, 7) is 17.6. The van der Waals surface area contributed by atoms with E-state index in [9.17, 15) is 33.2 Å². The molecule has 648 valence electrons. The Morgan fingerprint density at radius 1 is 0.410 bits per heavy atom. The van der Waals surface area contributed by atoms with Crippen molar-refractivity contribution in [3.8, 4) is 23.0 Å². The number of anilines is 4. The van der Waals surface area contributed by atoms with Gasteiger partial charge in [-0.1, -0.05) is 15.5 Å². The van der Waals surface area contributed by atoms with Crippen LogP contribution in [0.5, 0.6) is 23.0 Å². The van der Waals surface area contributed by atoms with E-state index in [0.717, 1.165) is 61.9 Å². The first kappa shape index (κ1) is 100. The van der Waals surface area contributed by atoms with Crippen LogP contribution in [0.1, 0.15) is 144 Å². The van der Waals surface area contributed by atoms with Crippen molar-refractivity contribution in [3.05, 3.63) is 274 Å². The van der Waals surface area contributed by atoms with Crippen molar-refractivity contribution in [2.24, 2.45) is 21.4 Å². The first-order valence-corrected chi connectivity index (χ1v) is 36.7. The molecule has 33 nitrogen and oxygen atoms in total. The zero-order chi connectivity index (χ0) is 89.4. The number of carbonyl (C=O) groups excluding carboxylic acids is 6. The van der Waals surface area contributed by atoms with Gasteiger partial charge in [-0.3, -0.25) is 45.1 Å². The Kier molecular flexibility index (Phi) is 41.1. The van der Waals surface area contributed by atoms with E-state index in [1.54, 1.807) is 177 Å². The number of nitrogen functional groups attached to an aromatic ring is 1. The Morgan fingerprint density at radius 3 is 1.02 bits per heavy atom. The summed E-state index contributed by atoms with van der Waals surface area (Å²) in [5.41, 5.74) is 13.1. The molecule has 6 aromatic heterocycles. The molecule has 122 heavy (non-hydrogen) atoms. The van der Waals surface area contributed by atoms with Gasteiger partial charge in [0, 0.05) is 100.0 Å². The van der Waals surface area contributed by atoms with Crippen LogP contribution in [-0.4, -0.2) is 176 Å². The Hall–Kier alpha value is -14.1. The molecule has 4 aromatic carbocycles. The molecule has 0 unspecified atom stereocenters. The lowest BCUT2D eigenvalue weighted by Crippen LogP contribution is -2.28. The molecule has 10 rings (SSSR count). The van der Waals surface area contributed by atoms with Gasteiger partial charge in [0.25, 0.3) is 5.91 Å². The average Bonchev–Trinajstić information content (AvgIpc) is 0.843. The molecule has 35 heteroatoms. The predicted octanol–water partition coefficient (Wildman–Crippen LogP) is 15.3. The number of amides is 4. The zero-order valence-corrected chi connectivity index (χ0v) is 72.3. The van der Waals surface area contributed by atoms with Gasteiger partial charge in [-0.15, -0.1) is 12.4 Å². The molecule has 0 atom stereocenters. The molecule has 6 heterocycles. The fourth-order valence-electron chi connectivity index (χ4n) is 9.79. The number of Topliss-reactive ketones (excluding diaryl/α,β-unsaturated/α-hetero) is 1. The van der Waals surface area contributed by atoms with Crippen LogP contribution in [0.2, 0.25) is 0 Å². The number of halogens is 2. The molecule has 0 saturated carbocycles. The molecule has 0 aliphatic rings. The highest BCUT2D eigenvalue weighted by atomic mass is 35.5. The number of ether oxygens (including phenoxy) is 7. The Bertz CT molecular complexity index is 5040. The summed E-state index contributed by atoms with van der Waals surface area (Å²) in [5, 5.41) is 20.9. The quantitative estimate of drug-likeness (QED) is 0.0172. The Morgan fingerprint density at radius 2 is 0.721 bits per heavy atom. The van der Waals surface area contributed by atoms with E-state index in [2.05, 4.69) is 72.1 Å². The molecule has 4 amide bonds. The fraction of sp³-hybridized carbons (Fsp3) is 0.276. The number of pyridine rings is 6. The highest BCUT2D eigenvalue weighted by Crippen LogP contribution is 2.24. The van der Waals surface area contributed by atoms with Crippen molar-refractivity contribution in [3.63, 3.8) is 0 Å². The summed E-state index contributed by atoms with van der Waals surface area (Å²) in [6.07, 6.45) is 8.43. The third-order valence-electron chi connectivity index (χ3n) is 15.5. The van der Waals surface area contributed by atoms with Crippen molar-refractivity contribution >= 4 is 88.6 Å². The number of nitrogens with one attached hydrogen (secondary N) is 3. The summed E-state index contributed by atoms with van der Waals surface area (Å²) >= 11 is 0. The van der Waals surface area contributed by atoms with Crippen molar-refractivity contribution in [2.75, 3.05) is 92.7 Å². The van der Waals surface area contributed by atoms with Gasteiger partial charge < -0.3 is 58.2 Å². The van der Waals surface area contributed by atoms with Gasteiger partial charge in [0.1, 0.15) is 107 Å². The highest BCUT2D eigenvalue weighted by Gasteiger charge is 2.22. The van der Waals surface area contributed by atoms with E-state index < -0.39 is 40.9 Å². The molecule has 0 fully saturated rings. The van der Waals surface area contributed by atoms with E-state index >= 15 is 0 Å². The van der Waals surface area contributed by atoms with E-state index in [4.69, 9.17) is 58.2 Å². The number of rotatable bonds is 23. The second-order valence-corrected chi connectivity index (χ2v) is 27.9. The van der Waals surface area contributed by atoms with E-state index in [-0.39, 0.29) is 47.4 Å². The molecule has 0 aliphatic heterocycles. The number of hydrogen-bond acceptors (Lipinski definition) is 29. The number of hydrogen-bond donors (Lipinski definition) is 5. The summed E-state index contributed by atoms with van der Waals surface area (Å²) in [7, 11) is 15.2. The summed E-state index contributed by atoms with van der Waals surface area (Å²) in [6, 6.07) is 46.0. The molecule has 7 N–H and O–H groups in total. The molecule has 10 aromatic rings. The normalized spacial score (nSPS) is 11.0. The molecule has 0 radical (unpaired) electrons. The van der Waals surface area contributed by atoms with E-state index in [1.807, 2.05) is 84.9 Å². The fourth-order valence-corrected chi connectivity index (χ4v) is 9.79. The van der Waals surface area contributed by atoms with Crippen LogP contribution < -0.4 is 46.5 Å². The van der Waals surface area contributed by atoms with Crippen LogP contribution in [0, 0.1) is 12.7 Å². The second kappa shape index (κ2) is 50.0. The minimum Gasteiger partial charge on any atom is -0.497 e. The largest absolute Gasteiger partial charge is 0.497 e. The number of nitrogens with two attached hydrogens (primary N) is 2. The van der Waals surface area contributed by atoms with Gasteiger partial charge in [-0.05, 0) is 233 Å². The van der Waals surface area contributed by atoms with E-state index in [0.29, 0.717) is 68.5 Å². The lowest BCUT2D eigenvalue weighted by molar-refractivity contribution is -0.0757. The van der Waals surface area contributed by atoms with Crippen LogP contribution in [0.15, 0.2) is 217 Å². The van der Waals surface area contributed by atoms with Crippen LogP contribution in [0.3, 0.4) is 0 Å². The molecule has 0 spiro atoms. The van der Waals surface area contributed by atoms with Gasteiger partial charge in [-0.25, -0.2) is 49.7 Å². The maximum Gasteiger partial charge on any atom is 0.413 e. The standard InChI is InChI=1S/C22H20FN3O3.C19H23N3O4.C18H20N2O4.C14H15N3O2.C13H19N3O4.CH5NO.ClH/c1-14-19(12-24-13-20(14)23)21(27)10-17-7-4-16(11-25-17)22(26-29-3)15-5-8-18(28-2)9-6-15;1-19(2,3)26-18(23)21-16-11-8-14(12-20-16)17(22-25-5)13-6-9-15(24-4)10-7-13;1-18(2,3)24-17(22)20-15-10-7-13(11-19-15)16(21)12-5-8-14(23-4)9-6-12;1-18-12-6-3-10(4-7-12)14(17-19-2)11-5-8-13(15)16-9-11;1-13(2,3)20-12(18)15-10-7-6-9(8-14-10)11(17)16(4)19-5;1-3-2;/h4-9,11-13H,10H2,1-3H3;6-12H,1-5H3,(H,20,21,23);5-11H,1-4H3,(H,19,20,22);3-9H,1-2H3,(H2,15,16);6-8H,1-5H3,(H,14,15,18);2H2,1H3;1H/b26-22-;22-17-;;17-14-;;;. The molecule has 0 saturated heterocycles. The Balaban J connectivity index is 0.000000319. The van der Waals surface area contributed by atoms with Crippen LogP contribution in [0.25, 0.3) is 0 Å². The number of oxime groups is 3. The van der Waals surface area contributed by atoms with Gasteiger partial charge in [0.2, 0.25) is 0 Å². The van der Waals surface area contributed by atoms with Crippen LogP contribution in [-0.2, 0) is 44.8 Å². The van der Waals surface area contributed by atoms with Crippen molar-refractivity contribution < 1.29 is 90.5 Å². The number of benzene rings is 4. The van der Waals surface area contributed by atoms with Gasteiger partial charge in [0.15, 0.2) is 11.6 Å².